The molecule has 0 fully saturated rings. The van der Waals surface area contributed by atoms with Crippen molar-refractivity contribution in [2.45, 2.75) is 0 Å². The molecule has 0 amide bonds. The molecule has 0 atom stereocenters. The van der Waals surface area contributed by atoms with Gasteiger partial charge in [-0.2, -0.15) is 0 Å². The molecule has 6 heteroatoms. The van der Waals surface area contributed by atoms with E-state index >= 15 is 0 Å². The van der Waals surface area contributed by atoms with E-state index in [1.54, 1.807) is 6.07 Å². The average molecular weight is 262 g/mol. The highest BCUT2D eigenvalue weighted by Gasteiger charge is 2.09. The van der Waals surface area contributed by atoms with Crippen LogP contribution in [-0.4, -0.2) is 16.3 Å². The van der Waals surface area contributed by atoms with Crippen LogP contribution >= 0.6 is 22.7 Å². The van der Waals surface area contributed by atoms with Crippen molar-refractivity contribution in [2.75, 3.05) is 0 Å². The second-order valence-corrected chi connectivity index (χ2v) is 5.39. The first-order valence-electron chi connectivity index (χ1n) is 4.81. The average Bonchev–Trinajstić information content (AvgIpc) is 2.97. The van der Waals surface area contributed by atoms with E-state index in [-0.39, 0.29) is 5.56 Å². The van der Waals surface area contributed by atoms with E-state index in [0.29, 0.717) is 20.9 Å². The highest BCUT2D eigenvalue weighted by Crippen LogP contribution is 2.24. The van der Waals surface area contributed by atoms with Gasteiger partial charge in [0, 0.05) is 0 Å². The minimum Gasteiger partial charge on any atom is -0.305 e. The first-order chi connectivity index (χ1) is 8.28. The Hall–Kier alpha value is -1.79. The van der Waals surface area contributed by atoms with Crippen molar-refractivity contribution < 1.29 is 4.79 Å². The number of fused-ring (bicyclic) bond motifs is 1. The van der Waals surface area contributed by atoms with Crippen LogP contribution in [0, 0.1) is 0 Å². The molecule has 3 aromatic rings. The van der Waals surface area contributed by atoms with Gasteiger partial charge < -0.3 is 4.98 Å². The summed E-state index contributed by atoms with van der Waals surface area (Å²) in [5.74, 6) is 0.553. The molecule has 3 aromatic heterocycles. The molecule has 0 aromatic carbocycles. The summed E-state index contributed by atoms with van der Waals surface area (Å²) < 4.78 is 0. The smallest absolute Gasteiger partial charge is 0.259 e. The van der Waals surface area contributed by atoms with Gasteiger partial charge in [0.25, 0.3) is 5.56 Å². The molecule has 0 bridgehead atoms. The van der Waals surface area contributed by atoms with Crippen LogP contribution in [0.1, 0.15) is 9.67 Å². The van der Waals surface area contributed by atoms with Crippen molar-refractivity contribution >= 4 is 39.2 Å². The largest absolute Gasteiger partial charge is 0.305 e. The number of aromatic amines is 1. The number of aldehydes is 1. The van der Waals surface area contributed by atoms with Crippen LogP contribution in [-0.2, 0) is 0 Å². The molecule has 0 aliphatic carbocycles. The molecule has 0 aliphatic rings. The Morgan fingerprint density at radius 1 is 1.41 bits per heavy atom. The number of H-pyrrole nitrogens is 1. The maximum Gasteiger partial charge on any atom is 0.259 e. The summed E-state index contributed by atoms with van der Waals surface area (Å²) in [5.41, 5.74) is -0.206. The lowest BCUT2D eigenvalue weighted by Crippen LogP contribution is -2.07. The topological polar surface area (TPSA) is 62.8 Å². The van der Waals surface area contributed by atoms with Crippen molar-refractivity contribution in [3.8, 4) is 10.7 Å². The molecule has 84 valence electrons. The Labute approximate surface area is 104 Å². The molecule has 0 aliphatic heterocycles. The van der Waals surface area contributed by atoms with Crippen LogP contribution in [0.3, 0.4) is 0 Å². The van der Waals surface area contributed by atoms with Gasteiger partial charge in [-0.1, -0.05) is 6.07 Å². The van der Waals surface area contributed by atoms with Gasteiger partial charge >= 0.3 is 0 Å². The number of hydrogen-bond acceptors (Lipinski definition) is 5. The maximum atomic E-state index is 11.8. The van der Waals surface area contributed by atoms with Gasteiger partial charge in [-0.05, 0) is 17.5 Å². The molecule has 1 N–H and O–H groups in total. The fraction of sp³-hybridized carbons (Fsp3) is 0. The van der Waals surface area contributed by atoms with Crippen molar-refractivity contribution in [1.29, 1.82) is 0 Å². The Morgan fingerprint density at radius 3 is 3.00 bits per heavy atom. The Kier molecular flexibility index (Phi) is 2.38. The summed E-state index contributed by atoms with van der Waals surface area (Å²) in [7, 11) is 0. The molecule has 17 heavy (non-hydrogen) atoms. The standard InChI is InChI=1S/C11H6N2O2S2/c14-5-6-4-7-10(15)12-9(13-11(7)17-6)8-2-1-3-16-8/h1-5H,(H,12,13,15). The minimum absolute atomic E-state index is 0.206. The zero-order chi connectivity index (χ0) is 11.8. The van der Waals surface area contributed by atoms with Crippen molar-refractivity contribution in [3.63, 3.8) is 0 Å². The first-order valence-corrected chi connectivity index (χ1v) is 6.50. The third-order valence-corrected chi connectivity index (χ3v) is 4.12. The van der Waals surface area contributed by atoms with E-state index < -0.39 is 0 Å². The van der Waals surface area contributed by atoms with Gasteiger partial charge in [0.15, 0.2) is 12.1 Å². The summed E-state index contributed by atoms with van der Waals surface area (Å²) >= 11 is 2.74. The second-order valence-electron chi connectivity index (χ2n) is 3.38. The van der Waals surface area contributed by atoms with Gasteiger partial charge in [0.2, 0.25) is 0 Å². The molecule has 0 unspecified atom stereocenters. The normalized spacial score (nSPS) is 10.8. The number of nitrogens with zero attached hydrogens (tertiary/aromatic N) is 1. The van der Waals surface area contributed by atoms with E-state index in [0.717, 1.165) is 11.2 Å². The molecule has 0 saturated carbocycles. The fourth-order valence-corrected chi connectivity index (χ4v) is 3.05. The lowest BCUT2D eigenvalue weighted by atomic mass is 10.3. The predicted molar refractivity (Wildman–Crippen MR) is 68.9 cm³/mol. The van der Waals surface area contributed by atoms with Crippen molar-refractivity contribution in [1.82, 2.24) is 9.97 Å². The van der Waals surface area contributed by atoms with E-state index in [1.165, 1.54) is 22.7 Å². The molecule has 3 rings (SSSR count). The second kappa shape index (κ2) is 3.90. The maximum absolute atomic E-state index is 11.8. The highest BCUT2D eigenvalue weighted by atomic mass is 32.1. The van der Waals surface area contributed by atoms with Crippen LogP contribution in [0.2, 0.25) is 0 Å². The predicted octanol–water partition coefficient (Wildman–Crippen LogP) is 2.53. The van der Waals surface area contributed by atoms with E-state index in [2.05, 4.69) is 9.97 Å². The SMILES string of the molecule is O=Cc1cc2c(=O)[nH]c(-c3cccs3)nc2s1. The molecule has 0 saturated heterocycles. The Balaban J connectivity index is 2.30. The number of nitrogens with one attached hydrogen (secondary N) is 1. The molecule has 3 heterocycles. The van der Waals surface area contributed by atoms with Crippen molar-refractivity contribution in [3.05, 3.63) is 38.8 Å². The lowest BCUT2D eigenvalue weighted by Gasteiger charge is -1.95. The number of hydrogen-bond donors (Lipinski definition) is 1. The molecule has 0 spiro atoms. The third-order valence-electron chi connectivity index (χ3n) is 2.29. The number of aromatic nitrogens is 2. The molecular formula is C11H6N2O2S2. The van der Waals surface area contributed by atoms with E-state index in [4.69, 9.17) is 0 Å². The van der Waals surface area contributed by atoms with Crippen LogP contribution in [0.15, 0.2) is 28.4 Å². The number of rotatable bonds is 2. The summed E-state index contributed by atoms with van der Waals surface area (Å²) in [4.78, 5) is 31.6. The van der Waals surface area contributed by atoms with Crippen LogP contribution in [0.4, 0.5) is 0 Å². The van der Waals surface area contributed by atoms with Gasteiger partial charge in [-0.3, -0.25) is 9.59 Å². The Morgan fingerprint density at radius 2 is 2.29 bits per heavy atom. The highest BCUT2D eigenvalue weighted by molar-refractivity contribution is 7.20. The van der Waals surface area contributed by atoms with E-state index in [1.807, 2.05) is 17.5 Å². The summed E-state index contributed by atoms with van der Waals surface area (Å²) in [6.45, 7) is 0. The van der Waals surface area contributed by atoms with Crippen LogP contribution in [0.5, 0.6) is 0 Å². The number of carbonyl (C=O) groups excluding carboxylic acids is 1. The van der Waals surface area contributed by atoms with Gasteiger partial charge in [0.05, 0.1) is 15.1 Å². The third kappa shape index (κ3) is 1.71. The van der Waals surface area contributed by atoms with Crippen LogP contribution in [0.25, 0.3) is 20.9 Å². The monoisotopic (exact) mass is 262 g/mol. The van der Waals surface area contributed by atoms with Crippen LogP contribution < -0.4 is 5.56 Å². The number of thiophene rings is 2. The van der Waals surface area contributed by atoms with E-state index in [9.17, 15) is 9.59 Å². The van der Waals surface area contributed by atoms with Gasteiger partial charge in [-0.15, -0.1) is 22.7 Å². The first kappa shape index (κ1) is 10.4. The molecule has 4 nitrogen and oxygen atoms in total. The van der Waals surface area contributed by atoms with Gasteiger partial charge in [-0.25, -0.2) is 4.98 Å². The van der Waals surface area contributed by atoms with Crippen molar-refractivity contribution in [2.24, 2.45) is 0 Å². The molecular weight excluding hydrogens is 256 g/mol. The summed E-state index contributed by atoms with van der Waals surface area (Å²) in [5, 5.41) is 2.39. The lowest BCUT2D eigenvalue weighted by molar-refractivity contribution is 0.112. The minimum atomic E-state index is -0.206. The van der Waals surface area contributed by atoms with Gasteiger partial charge in [0.1, 0.15) is 4.83 Å². The fourth-order valence-electron chi connectivity index (χ4n) is 1.54. The zero-order valence-electron chi connectivity index (χ0n) is 8.47. The quantitative estimate of drug-likeness (QED) is 0.722. The summed E-state index contributed by atoms with van der Waals surface area (Å²) in [6, 6.07) is 5.36. The number of carbonyl (C=O) groups is 1. The summed E-state index contributed by atoms with van der Waals surface area (Å²) in [6.07, 6.45) is 0.733. The zero-order valence-corrected chi connectivity index (χ0v) is 10.1. The Bertz CT molecular complexity index is 741. The molecule has 0 radical (unpaired) electrons.